The van der Waals surface area contributed by atoms with Crippen LogP contribution in [0.2, 0.25) is 0 Å². The van der Waals surface area contributed by atoms with Crippen LogP contribution < -0.4 is 0 Å². The van der Waals surface area contributed by atoms with Crippen LogP contribution in [0.25, 0.3) is 6.08 Å². The van der Waals surface area contributed by atoms with E-state index in [1.54, 1.807) is 18.1 Å². The van der Waals surface area contributed by atoms with Crippen LogP contribution in [0.4, 0.5) is 8.78 Å². The number of pyridine rings is 1. The zero-order chi connectivity index (χ0) is 15.0. The average Bonchev–Trinajstić information content (AvgIpc) is 2.55. The molecule has 20 heavy (non-hydrogen) atoms. The standard InChI is InChI=1S/C14H18BF2NO2/c1-13(2)14(3,4)20-15(19-13)7-5-10-6-8-18-9-11(10)12(16)17/h5-9,12H,1-4H3/b7-5+. The molecule has 3 nitrogen and oxygen atoms in total. The highest BCUT2D eigenvalue weighted by molar-refractivity contribution is 6.52. The van der Waals surface area contributed by atoms with Gasteiger partial charge in [-0.05, 0) is 39.3 Å². The number of halogens is 2. The highest BCUT2D eigenvalue weighted by Crippen LogP contribution is 2.37. The van der Waals surface area contributed by atoms with Gasteiger partial charge in [-0.3, -0.25) is 4.98 Å². The first-order chi connectivity index (χ1) is 9.23. The molecule has 2 rings (SSSR count). The van der Waals surface area contributed by atoms with E-state index in [1.165, 1.54) is 12.4 Å². The topological polar surface area (TPSA) is 31.4 Å². The minimum atomic E-state index is -2.55. The van der Waals surface area contributed by atoms with Gasteiger partial charge in [0.15, 0.2) is 0 Å². The second-order valence-corrected chi connectivity index (χ2v) is 5.79. The Hall–Kier alpha value is -1.27. The van der Waals surface area contributed by atoms with Gasteiger partial charge in [0.2, 0.25) is 0 Å². The summed E-state index contributed by atoms with van der Waals surface area (Å²) in [5.74, 6) is 1.65. The van der Waals surface area contributed by atoms with E-state index in [-0.39, 0.29) is 5.56 Å². The van der Waals surface area contributed by atoms with Crippen molar-refractivity contribution in [2.45, 2.75) is 45.3 Å². The maximum atomic E-state index is 12.8. The van der Waals surface area contributed by atoms with Crippen molar-refractivity contribution in [3.8, 4) is 0 Å². The van der Waals surface area contributed by atoms with E-state index in [4.69, 9.17) is 9.31 Å². The minimum Gasteiger partial charge on any atom is -0.400 e. The first kappa shape index (κ1) is 15.1. The van der Waals surface area contributed by atoms with Crippen molar-refractivity contribution in [2.24, 2.45) is 0 Å². The van der Waals surface area contributed by atoms with Crippen molar-refractivity contribution in [2.75, 3.05) is 0 Å². The molecule has 1 aromatic rings. The lowest BCUT2D eigenvalue weighted by molar-refractivity contribution is 0.00578. The highest BCUT2D eigenvalue weighted by atomic mass is 19.3. The predicted octanol–water partition coefficient (Wildman–Crippen LogP) is 3.66. The maximum absolute atomic E-state index is 12.8. The minimum absolute atomic E-state index is 0.0970. The summed E-state index contributed by atoms with van der Waals surface area (Å²) in [4.78, 5) is 3.72. The van der Waals surface area contributed by atoms with Crippen molar-refractivity contribution >= 4 is 13.2 Å². The highest BCUT2D eigenvalue weighted by Gasteiger charge is 2.50. The van der Waals surface area contributed by atoms with Crippen molar-refractivity contribution in [1.29, 1.82) is 0 Å². The summed E-state index contributed by atoms with van der Waals surface area (Å²) in [5.41, 5.74) is -0.553. The van der Waals surface area contributed by atoms with Crippen LogP contribution in [0.15, 0.2) is 24.4 Å². The molecule has 0 N–H and O–H groups in total. The predicted molar refractivity (Wildman–Crippen MR) is 74.3 cm³/mol. The summed E-state index contributed by atoms with van der Waals surface area (Å²) in [6, 6.07) is 1.54. The first-order valence-corrected chi connectivity index (χ1v) is 6.49. The molecule has 1 aromatic heterocycles. The van der Waals surface area contributed by atoms with Crippen LogP contribution in [-0.2, 0) is 9.31 Å². The van der Waals surface area contributed by atoms with E-state index in [1.807, 2.05) is 27.7 Å². The van der Waals surface area contributed by atoms with Crippen LogP contribution in [-0.4, -0.2) is 23.3 Å². The lowest BCUT2D eigenvalue weighted by Crippen LogP contribution is -2.41. The van der Waals surface area contributed by atoms with E-state index in [9.17, 15) is 8.78 Å². The van der Waals surface area contributed by atoms with Crippen LogP contribution in [0.3, 0.4) is 0 Å². The smallest absolute Gasteiger partial charge is 0.400 e. The Morgan fingerprint density at radius 1 is 1.20 bits per heavy atom. The van der Waals surface area contributed by atoms with E-state index in [2.05, 4.69) is 4.98 Å². The Balaban J connectivity index is 2.16. The van der Waals surface area contributed by atoms with Crippen molar-refractivity contribution in [1.82, 2.24) is 4.98 Å². The van der Waals surface area contributed by atoms with Crippen molar-refractivity contribution in [3.63, 3.8) is 0 Å². The number of alkyl halides is 2. The van der Waals surface area contributed by atoms with Gasteiger partial charge in [-0.2, -0.15) is 0 Å². The molecule has 0 saturated carbocycles. The van der Waals surface area contributed by atoms with Gasteiger partial charge in [-0.25, -0.2) is 8.78 Å². The van der Waals surface area contributed by atoms with Crippen molar-refractivity contribution in [3.05, 3.63) is 35.6 Å². The number of rotatable bonds is 3. The van der Waals surface area contributed by atoms with Crippen LogP contribution in [0.5, 0.6) is 0 Å². The van der Waals surface area contributed by atoms with Crippen LogP contribution in [0, 0.1) is 0 Å². The maximum Gasteiger partial charge on any atom is 0.487 e. The summed E-state index contributed by atoms with van der Waals surface area (Å²) in [6.45, 7) is 7.77. The van der Waals surface area contributed by atoms with Crippen LogP contribution >= 0.6 is 0 Å². The Morgan fingerprint density at radius 3 is 2.35 bits per heavy atom. The Morgan fingerprint density at radius 2 is 1.80 bits per heavy atom. The second-order valence-electron chi connectivity index (χ2n) is 5.79. The molecule has 6 heteroatoms. The summed E-state index contributed by atoms with van der Waals surface area (Å²) < 4.78 is 37.2. The van der Waals surface area contributed by atoms with Gasteiger partial charge in [0.25, 0.3) is 6.43 Å². The molecular formula is C14H18BF2NO2. The first-order valence-electron chi connectivity index (χ1n) is 6.49. The van der Waals surface area contributed by atoms with Gasteiger partial charge < -0.3 is 9.31 Å². The molecule has 0 radical (unpaired) electrons. The van der Waals surface area contributed by atoms with E-state index in [0.29, 0.717) is 5.56 Å². The molecule has 1 fully saturated rings. The summed E-state index contributed by atoms with van der Waals surface area (Å²) in [7, 11) is -0.543. The average molecular weight is 281 g/mol. The van der Waals surface area contributed by atoms with Gasteiger partial charge in [-0.1, -0.05) is 12.1 Å². The Bertz CT molecular complexity index is 502. The molecule has 1 aliphatic heterocycles. The zero-order valence-corrected chi connectivity index (χ0v) is 12.1. The number of nitrogens with zero attached hydrogens (tertiary/aromatic N) is 1. The quantitative estimate of drug-likeness (QED) is 0.792. The largest absolute Gasteiger partial charge is 0.487 e. The summed E-state index contributed by atoms with van der Waals surface area (Å²) >= 11 is 0. The lowest BCUT2D eigenvalue weighted by atomic mass is 9.88. The summed E-state index contributed by atoms with van der Waals surface area (Å²) in [6.07, 6.45) is 1.69. The molecule has 1 aliphatic rings. The molecule has 0 unspecified atom stereocenters. The van der Waals surface area contributed by atoms with E-state index in [0.717, 1.165) is 0 Å². The van der Waals surface area contributed by atoms with Gasteiger partial charge in [0.1, 0.15) is 0 Å². The third-order valence-electron chi connectivity index (χ3n) is 3.83. The lowest BCUT2D eigenvalue weighted by Gasteiger charge is -2.32. The van der Waals surface area contributed by atoms with Crippen LogP contribution in [0.1, 0.15) is 45.2 Å². The van der Waals surface area contributed by atoms with Crippen molar-refractivity contribution < 1.29 is 18.1 Å². The molecule has 0 aromatic carbocycles. The SMILES string of the molecule is CC1(C)OB(/C=C/c2ccncc2C(F)F)OC1(C)C. The molecule has 0 spiro atoms. The second kappa shape index (κ2) is 5.26. The van der Waals surface area contributed by atoms with Gasteiger partial charge in [0, 0.05) is 18.0 Å². The Labute approximate surface area is 118 Å². The number of aromatic nitrogens is 1. The molecular weight excluding hydrogens is 263 g/mol. The molecule has 0 atom stereocenters. The monoisotopic (exact) mass is 281 g/mol. The number of hydrogen-bond donors (Lipinski definition) is 0. The van der Waals surface area contributed by atoms with E-state index < -0.39 is 24.7 Å². The third kappa shape index (κ3) is 2.91. The fourth-order valence-corrected chi connectivity index (χ4v) is 1.90. The fraction of sp³-hybridized carbons (Fsp3) is 0.500. The summed E-state index contributed by atoms with van der Waals surface area (Å²) in [5, 5.41) is 0. The van der Waals surface area contributed by atoms with E-state index >= 15 is 0 Å². The normalized spacial score (nSPS) is 21.1. The van der Waals surface area contributed by atoms with Gasteiger partial charge >= 0.3 is 7.12 Å². The molecule has 2 heterocycles. The third-order valence-corrected chi connectivity index (χ3v) is 3.83. The van der Waals surface area contributed by atoms with Gasteiger partial charge in [0.05, 0.1) is 11.2 Å². The fourth-order valence-electron chi connectivity index (χ4n) is 1.90. The molecule has 0 amide bonds. The van der Waals surface area contributed by atoms with Gasteiger partial charge in [-0.15, -0.1) is 0 Å². The molecule has 108 valence electrons. The number of hydrogen-bond acceptors (Lipinski definition) is 3. The molecule has 1 saturated heterocycles. The molecule has 0 bridgehead atoms. The molecule has 0 aliphatic carbocycles. The Kier molecular flexibility index (Phi) is 3.98. The zero-order valence-electron chi connectivity index (χ0n) is 12.1.